The van der Waals surface area contributed by atoms with Gasteiger partial charge >= 0.3 is 0 Å². The summed E-state index contributed by atoms with van der Waals surface area (Å²) in [7, 11) is 0. The van der Waals surface area contributed by atoms with Gasteiger partial charge in [0.1, 0.15) is 0 Å². The molecule has 1 saturated heterocycles. The van der Waals surface area contributed by atoms with E-state index in [1.807, 2.05) is 6.92 Å². The Bertz CT molecular complexity index is 247. The van der Waals surface area contributed by atoms with Gasteiger partial charge in [0.2, 0.25) is 11.8 Å². The van der Waals surface area contributed by atoms with Crippen LogP contribution in [-0.2, 0) is 9.59 Å². The van der Waals surface area contributed by atoms with Crippen molar-refractivity contribution in [2.75, 3.05) is 26.2 Å². The Hall–Kier alpha value is -1.10. The van der Waals surface area contributed by atoms with Crippen LogP contribution in [0, 0.1) is 0 Å². The van der Waals surface area contributed by atoms with Crippen molar-refractivity contribution in [3.63, 3.8) is 0 Å². The van der Waals surface area contributed by atoms with Crippen LogP contribution in [-0.4, -0.2) is 53.8 Å². The Morgan fingerprint density at radius 2 is 1.67 bits per heavy atom. The van der Waals surface area contributed by atoms with Crippen molar-refractivity contribution in [1.29, 1.82) is 0 Å². The van der Waals surface area contributed by atoms with Crippen molar-refractivity contribution in [2.45, 2.75) is 26.3 Å². The van der Waals surface area contributed by atoms with Gasteiger partial charge in [0.15, 0.2) is 0 Å². The molecule has 0 unspecified atom stereocenters. The lowest BCUT2D eigenvalue weighted by Crippen LogP contribution is -2.53. The fourth-order valence-corrected chi connectivity index (χ4v) is 1.65. The summed E-state index contributed by atoms with van der Waals surface area (Å²) in [6.45, 7) is 5.90. The van der Waals surface area contributed by atoms with Gasteiger partial charge in [-0.3, -0.25) is 9.59 Å². The summed E-state index contributed by atoms with van der Waals surface area (Å²) in [5, 5.41) is 0. The molecule has 1 atom stereocenters. The topological polar surface area (TPSA) is 66.6 Å². The second-order valence-electron chi connectivity index (χ2n) is 3.85. The lowest BCUT2D eigenvalue weighted by atomic mass is 10.2. The fourth-order valence-electron chi connectivity index (χ4n) is 1.65. The van der Waals surface area contributed by atoms with Crippen molar-refractivity contribution in [1.82, 2.24) is 9.80 Å². The summed E-state index contributed by atoms with van der Waals surface area (Å²) in [6.07, 6.45) is 0.658. The van der Waals surface area contributed by atoms with E-state index in [0.717, 1.165) is 0 Å². The van der Waals surface area contributed by atoms with Gasteiger partial charge in [-0.15, -0.1) is 0 Å². The molecule has 0 saturated carbocycles. The van der Waals surface area contributed by atoms with Gasteiger partial charge in [-0.1, -0.05) is 6.92 Å². The molecule has 2 N–H and O–H groups in total. The maximum atomic E-state index is 11.7. The Morgan fingerprint density at radius 1 is 1.20 bits per heavy atom. The van der Waals surface area contributed by atoms with Crippen LogP contribution in [0.5, 0.6) is 0 Å². The molecule has 0 radical (unpaired) electrons. The van der Waals surface area contributed by atoms with E-state index >= 15 is 0 Å². The van der Waals surface area contributed by atoms with E-state index in [9.17, 15) is 9.59 Å². The van der Waals surface area contributed by atoms with Crippen LogP contribution in [0.25, 0.3) is 0 Å². The molecule has 0 aromatic heterocycles. The van der Waals surface area contributed by atoms with E-state index in [-0.39, 0.29) is 11.8 Å². The number of hydrogen-bond acceptors (Lipinski definition) is 3. The molecule has 1 aliphatic heterocycles. The first-order valence-electron chi connectivity index (χ1n) is 5.36. The highest BCUT2D eigenvalue weighted by Crippen LogP contribution is 2.04. The summed E-state index contributed by atoms with van der Waals surface area (Å²) in [5.74, 6) is 0.0718. The molecule has 0 aromatic carbocycles. The molecule has 1 fully saturated rings. The smallest absolute Gasteiger partial charge is 0.239 e. The minimum atomic E-state index is -0.395. The molecular formula is C10H19N3O2. The summed E-state index contributed by atoms with van der Waals surface area (Å²) >= 11 is 0. The van der Waals surface area contributed by atoms with Gasteiger partial charge in [-0.05, 0) is 6.42 Å². The fraction of sp³-hybridized carbons (Fsp3) is 0.800. The highest BCUT2D eigenvalue weighted by molar-refractivity contribution is 5.82. The van der Waals surface area contributed by atoms with Gasteiger partial charge in [0.25, 0.3) is 0 Å². The molecule has 1 heterocycles. The van der Waals surface area contributed by atoms with Gasteiger partial charge in [0.05, 0.1) is 6.04 Å². The SMILES string of the molecule is CC[C@H](N)C(=O)N1CCN(C(C)=O)CC1. The number of hydrogen-bond donors (Lipinski definition) is 1. The van der Waals surface area contributed by atoms with Crippen LogP contribution >= 0.6 is 0 Å². The molecular weight excluding hydrogens is 194 g/mol. The molecule has 0 aromatic rings. The predicted octanol–water partition coefficient (Wildman–Crippen LogP) is -0.586. The second kappa shape index (κ2) is 5.11. The van der Waals surface area contributed by atoms with Crippen LogP contribution in [0.3, 0.4) is 0 Å². The highest BCUT2D eigenvalue weighted by Gasteiger charge is 2.24. The van der Waals surface area contributed by atoms with Crippen molar-refractivity contribution < 1.29 is 9.59 Å². The van der Waals surface area contributed by atoms with Crippen molar-refractivity contribution >= 4 is 11.8 Å². The largest absolute Gasteiger partial charge is 0.339 e. The Morgan fingerprint density at radius 3 is 2.07 bits per heavy atom. The number of carbonyl (C=O) groups excluding carboxylic acids is 2. The summed E-state index contributed by atoms with van der Waals surface area (Å²) in [4.78, 5) is 26.3. The molecule has 0 aliphatic carbocycles. The minimum absolute atomic E-state index is 0.000650. The zero-order valence-corrected chi connectivity index (χ0v) is 9.40. The molecule has 86 valence electrons. The second-order valence-corrected chi connectivity index (χ2v) is 3.85. The van der Waals surface area contributed by atoms with Gasteiger partial charge in [-0.2, -0.15) is 0 Å². The zero-order chi connectivity index (χ0) is 11.4. The monoisotopic (exact) mass is 213 g/mol. The molecule has 1 aliphatic rings. The van der Waals surface area contributed by atoms with E-state index in [1.165, 1.54) is 0 Å². The first-order chi connectivity index (χ1) is 7.06. The van der Waals surface area contributed by atoms with E-state index in [4.69, 9.17) is 5.73 Å². The first kappa shape index (κ1) is 12.0. The molecule has 0 spiro atoms. The third-order valence-electron chi connectivity index (χ3n) is 2.79. The van der Waals surface area contributed by atoms with Crippen molar-refractivity contribution in [3.8, 4) is 0 Å². The number of nitrogens with two attached hydrogens (primary N) is 1. The number of nitrogens with zero attached hydrogens (tertiary/aromatic N) is 2. The number of rotatable bonds is 2. The van der Waals surface area contributed by atoms with E-state index in [0.29, 0.717) is 32.6 Å². The third-order valence-corrected chi connectivity index (χ3v) is 2.79. The van der Waals surface area contributed by atoms with E-state index in [1.54, 1.807) is 16.7 Å². The Kier molecular flexibility index (Phi) is 4.08. The Balaban J connectivity index is 2.43. The molecule has 0 bridgehead atoms. The van der Waals surface area contributed by atoms with Gasteiger partial charge in [0, 0.05) is 33.1 Å². The quantitative estimate of drug-likeness (QED) is 0.667. The molecule has 5 nitrogen and oxygen atoms in total. The van der Waals surface area contributed by atoms with Crippen LogP contribution in [0.15, 0.2) is 0 Å². The minimum Gasteiger partial charge on any atom is -0.339 e. The molecule has 2 amide bonds. The van der Waals surface area contributed by atoms with Crippen molar-refractivity contribution in [3.05, 3.63) is 0 Å². The molecule has 1 rings (SSSR count). The predicted molar refractivity (Wildman–Crippen MR) is 57.1 cm³/mol. The molecule has 15 heavy (non-hydrogen) atoms. The number of piperazine rings is 1. The summed E-state index contributed by atoms with van der Waals surface area (Å²) in [6, 6.07) is -0.395. The average Bonchev–Trinajstić information content (AvgIpc) is 2.27. The average molecular weight is 213 g/mol. The van der Waals surface area contributed by atoms with E-state index in [2.05, 4.69) is 0 Å². The summed E-state index contributed by atoms with van der Waals surface area (Å²) in [5.41, 5.74) is 5.67. The standard InChI is InChI=1S/C10H19N3O2/c1-3-9(11)10(15)13-6-4-12(5-7-13)8(2)14/h9H,3-7,11H2,1-2H3/t9-/m0/s1. The lowest BCUT2D eigenvalue weighted by molar-refractivity contribution is -0.139. The van der Waals surface area contributed by atoms with Crippen LogP contribution < -0.4 is 5.73 Å². The van der Waals surface area contributed by atoms with Gasteiger partial charge in [-0.25, -0.2) is 0 Å². The number of amides is 2. The highest BCUT2D eigenvalue weighted by atomic mass is 16.2. The summed E-state index contributed by atoms with van der Waals surface area (Å²) < 4.78 is 0. The van der Waals surface area contributed by atoms with Crippen LogP contribution in [0.1, 0.15) is 20.3 Å². The van der Waals surface area contributed by atoms with Crippen molar-refractivity contribution in [2.24, 2.45) is 5.73 Å². The van der Waals surface area contributed by atoms with Crippen LogP contribution in [0.4, 0.5) is 0 Å². The third kappa shape index (κ3) is 2.92. The molecule has 5 heteroatoms. The van der Waals surface area contributed by atoms with E-state index < -0.39 is 6.04 Å². The normalized spacial score (nSPS) is 18.9. The first-order valence-corrected chi connectivity index (χ1v) is 5.36. The number of carbonyl (C=O) groups is 2. The Labute approximate surface area is 90.2 Å². The maximum absolute atomic E-state index is 11.7. The van der Waals surface area contributed by atoms with Crippen LogP contribution in [0.2, 0.25) is 0 Å². The zero-order valence-electron chi connectivity index (χ0n) is 9.40. The maximum Gasteiger partial charge on any atom is 0.239 e. The van der Waals surface area contributed by atoms with Gasteiger partial charge < -0.3 is 15.5 Å². The lowest BCUT2D eigenvalue weighted by Gasteiger charge is -2.35.